The predicted octanol–water partition coefficient (Wildman–Crippen LogP) is 3.08. The van der Waals surface area contributed by atoms with Crippen molar-refractivity contribution in [3.05, 3.63) is 71.5 Å². The van der Waals surface area contributed by atoms with Gasteiger partial charge in [0.05, 0.1) is 12.5 Å². The molecule has 1 N–H and O–H groups in total. The van der Waals surface area contributed by atoms with Crippen LogP contribution in [0.15, 0.2) is 54.6 Å². The molecule has 0 unspecified atom stereocenters. The molecule has 0 aliphatic carbocycles. The molecule has 3 rings (SSSR count). The highest BCUT2D eigenvalue weighted by atomic mass is 19.1. The molecule has 5 nitrogen and oxygen atoms in total. The number of carbonyl (C=O) groups excluding carboxylic acids is 2. The summed E-state index contributed by atoms with van der Waals surface area (Å²) in [6.45, 7) is 3.13. The molecule has 1 aliphatic rings. The molecule has 2 amide bonds. The second-order valence-corrected chi connectivity index (χ2v) is 7.37. The fraction of sp³-hybridized carbons (Fsp3) is 0.391. The van der Waals surface area contributed by atoms with Gasteiger partial charge in [0.1, 0.15) is 11.9 Å². The van der Waals surface area contributed by atoms with Crippen molar-refractivity contribution < 1.29 is 18.7 Å². The summed E-state index contributed by atoms with van der Waals surface area (Å²) >= 11 is 0. The van der Waals surface area contributed by atoms with E-state index in [0.717, 1.165) is 30.6 Å². The molecule has 6 heteroatoms. The Bertz CT molecular complexity index is 805. The Kier molecular flexibility index (Phi) is 7.36. The number of benzene rings is 2. The Labute approximate surface area is 170 Å². The van der Waals surface area contributed by atoms with E-state index in [1.165, 1.54) is 12.1 Å². The first-order valence-corrected chi connectivity index (χ1v) is 10.00. The highest BCUT2D eigenvalue weighted by molar-refractivity contribution is 5.88. The quantitative estimate of drug-likeness (QED) is 0.744. The van der Waals surface area contributed by atoms with E-state index in [4.69, 9.17) is 4.74 Å². The maximum atomic E-state index is 13.2. The number of hydrogen-bond donors (Lipinski definition) is 1. The number of carbonyl (C=O) groups is 2. The molecule has 0 bridgehead atoms. The number of amides is 2. The van der Waals surface area contributed by atoms with Crippen molar-refractivity contribution in [3.8, 4) is 0 Å². The van der Waals surface area contributed by atoms with Crippen LogP contribution >= 0.6 is 0 Å². The Balaban J connectivity index is 1.70. The lowest BCUT2D eigenvalue weighted by Gasteiger charge is -2.29. The van der Waals surface area contributed by atoms with E-state index >= 15 is 0 Å². The fourth-order valence-corrected chi connectivity index (χ4v) is 3.41. The first-order valence-electron chi connectivity index (χ1n) is 10.00. The Morgan fingerprint density at radius 3 is 2.52 bits per heavy atom. The summed E-state index contributed by atoms with van der Waals surface area (Å²) in [4.78, 5) is 27.3. The second kappa shape index (κ2) is 10.2. The molecule has 1 heterocycles. The van der Waals surface area contributed by atoms with E-state index in [-0.39, 0.29) is 36.7 Å². The predicted molar refractivity (Wildman–Crippen MR) is 109 cm³/mol. The highest BCUT2D eigenvalue weighted by Crippen LogP contribution is 2.14. The molecule has 2 atom stereocenters. The number of rotatable bonds is 8. The van der Waals surface area contributed by atoms with Crippen molar-refractivity contribution in [2.45, 2.75) is 44.9 Å². The van der Waals surface area contributed by atoms with Crippen LogP contribution in [-0.4, -0.2) is 42.0 Å². The van der Waals surface area contributed by atoms with Gasteiger partial charge >= 0.3 is 0 Å². The number of hydrogen-bond acceptors (Lipinski definition) is 3. The molecule has 1 aliphatic heterocycles. The van der Waals surface area contributed by atoms with Crippen molar-refractivity contribution in [3.63, 3.8) is 0 Å². The van der Waals surface area contributed by atoms with E-state index < -0.39 is 6.04 Å². The Hall–Kier alpha value is -2.73. The molecule has 0 aromatic heterocycles. The van der Waals surface area contributed by atoms with Crippen LogP contribution in [0.2, 0.25) is 0 Å². The molecular weight excluding hydrogens is 371 g/mol. The largest absolute Gasteiger partial charge is 0.376 e. The normalized spacial score (nSPS) is 17.0. The summed E-state index contributed by atoms with van der Waals surface area (Å²) in [6, 6.07) is 14.8. The first kappa shape index (κ1) is 21.0. The van der Waals surface area contributed by atoms with E-state index in [0.29, 0.717) is 6.54 Å². The summed E-state index contributed by atoms with van der Waals surface area (Å²) in [7, 11) is 0. The zero-order valence-electron chi connectivity index (χ0n) is 16.6. The molecule has 2 aromatic carbocycles. The van der Waals surface area contributed by atoms with Crippen molar-refractivity contribution in [1.82, 2.24) is 10.2 Å². The van der Waals surface area contributed by atoms with Gasteiger partial charge in [-0.15, -0.1) is 0 Å². The lowest BCUT2D eigenvalue weighted by atomic mass is 10.1. The van der Waals surface area contributed by atoms with Gasteiger partial charge in [-0.1, -0.05) is 42.5 Å². The third-order valence-corrected chi connectivity index (χ3v) is 5.16. The van der Waals surface area contributed by atoms with Crippen LogP contribution in [0.1, 0.15) is 30.9 Å². The SMILES string of the molecule is C[C@H](C(=O)NC[C@H]1CCCO1)N(Cc1ccc(F)cc1)C(=O)Cc1ccccc1. The minimum Gasteiger partial charge on any atom is -0.376 e. The molecule has 154 valence electrons. The average Bonchev–Trinajstić information content (AvgIpc) is 3.25. The summed E-state index contributed by atoms with van der Waals surface area (Å²) in [5.74, 6) is -0.706. The molecular formula is C23H27FN2O3. The molecule has 2 aromatic rings. The van der Waals surface area contributed by atoms with Gasteiger partial charge in [0, 0.05) is 19.7 Å². The fourth-order valence-electron chi connectivity index (χ4n) is 3.41. The summed E-state index contributed by atoms with van der Waals surface area (Å²) in [5.41, 5.74) is 1.65. The minimum absolute atomic E-state index is 0.0386. The van der Waals surface area contributed by atoms with Gasteiger partial charge in [0.15, 0.2) is 0 Å². The number of halogens is 1. The van der Waals surface area contributed by atoms with Gasteiger partial charge in [-0.25, -0.2) is 4.39 Å². The zero-order valence-corrected chi connectivity index (χ0v) is 16.6. The van der Waals surface area contributed by atoms with E-state index in [1.807, 2.05) is 30.3 Å². The molecule has 29 heavy (non-hydrogen) atoms. The van der Waals surface area contributed by atoms with Gasteiger partial charge in [-0.2, -0.15) is 0 Å². The van der Waals surface area contributed by atoms with Crippen LogP contribution in [0.4, 0.5) is 4.39 Å². The van der Waals surface area contributed by atoms with E-state index in [1.54, 1.807) is 24.0 Å². The van der Waals surface area contributed by atoms with E-state index in [2.05, 4.69) is 5.32 Å². The van der Waals surface area contributed by atoms with Crippen molar-refractivity contribution in [1.29, 1.82) is 0 Å². The van der Waals surface area contributed by atoms with Crippen molar-refractivity contribution in [2.24, 2.45) is 0 Å². The number of ether oxygens (including phenoxy) is 1. The third kappa shape index (κ3) is 6.12. The highest BCUT2D eigenvalue weighted by Gasteiger charge is 2.27. The molecule has 0 radical (unpaired) electrons. The maximum Gasteiger partial charge on any atom is 0.242 e. The molecule has 0 spiro atoms. The Morgan fingerprint density at radius 1 is 1.14 bits per heavy atom. The van der Waals surface area contributed by atoms with Crippen molar-refractivity contribution in [2.75, 3.05) is 13.2 Å². The average molecular weight is 398 g/mol. The van der Waals surface area contributed by atoms with Gasteiger partial charge in [-0.3, -0.25) is 9.59 Å². The van der Waals surface area contributed by atoms with Crippen LogP contribution < -0.4 is 5.32 Å². The number of nitrogens with one attached hydrogen (secondary N) is 1. The van der Waals surface area contributed by atoms with Crippen LogP contribution in [0, 0.1) is 5.82 Å². The van der Waals surface area contributed by atoms with Crippen LogP contribution in [-0.2, 0) is 27.3 Å². The van der Waals surface area contributed by atoms with Crippen LogP contribution in [0.5, 0.6) is 0 Å². The Morgan fingerprint density at radius 2 is 1.86 bits per heavy atom. The lowest BCUT2D eigenvalue weighted by molar-refractivity contribution is -0.140. The topological polar surface area (TPSA) is 58.6 Å². The standard InChI is InChI=1S/C23H27FN2O3/c1-17(23(28)25-15-21-8-5-13-29-21)26(16-19-9-11-20(24)12-10-19)22(27)14-18-6-3-2-4-7-18/h2-4,6-7,9-12,17,21H,5,8,13-16H2,1H3,(H,25,28)/t17-,21-/m1/s1. The summed E-state index contributed by atoms with van der Waals surface area (Å²) in [5, 5.41) is 2.90. The first-order chi connectivity index (χ1) is 14.0. The van der Waals surface area contributed by atoms with Gasteiger partial charge in [0.2, 0.25) is 11.8 Å². The smallest absolute Gasteiger partial charge is 0.242 e. The maximum absolute atomic E-state index is 13.2. The molecule has 0 saturated carbocycles. The van der Waals surface area contributed by atoms with Crippen LogP contribution in [0.25, 0.3) is 0 Å². The van der Waals surface area contributed by atoms with Gasteiger partial charge in [0.25, 0.3) is 0 Å². The van der Waals surface area contributed by atoms with Gasteiger partial charge in [-0.05, 0) is 43.0 Å². The monoisotopic (exact) mass is 398 g/mol. The van der Waals surface area contributed by atoms with Crippen LogP contribution in [0.3, 0.4) is 0 Å². The second-order valence-electron chi connectivity index (χ2n) is 7.37. The zero-order chi connectivity index (χ0) is 20.6. The van der Waals surface area contributed by atoms with E-state index in [9.17, 15) is 14.0 Å². The third-order valence-electron chi connectivity index (χ3n) is 5.16. The lowest BCUT2D eigenvalue weighted by Crippen LogP contribution is -2.49. The summed E-state index contributed by atoms with van der Waals surface area (Å²) in [6.07, 6.45) is 2.17. The molecule has 1 fully saturated rings. The summed E-state index contributed by atoms with van der Waals surface area (Å²) < 4.78 is 18.8. The number of nitrogens with zero attached hydrogens (tertiary/aromatic N) is 1. The minimum atomic E-state index is -0.655. The van der Waals surface area contributed by atoms with Crippen molar-refractivity contribution >= 4 is 11.8 Å². The van der Waals surface area contributed by atoms with Gasteiger partial charge < -0.3 is 15.0 Å². The molecule has 1 saturated heterocycles.